The molecule has 1 fully saturated rings. The van der Waals surface area contributed by atoms with Crippen molar-refractivity contribution in [2.45, 2.75) is 18.9 Å². The maximum atomic E-state index is 4.42. The molecule has 116 valence electrons. The van der Waals surface area contributed by atoms with E-state index in [1.807, 2.05) is 18.8 Å². The Kier molecular flexibility index (Phi) is 8.95. The van der Waals surface area contributed by atoms with Crippen LogP contribution >= 0.6 is 35.7 Å². The zero-order valence-electron chi connectivity index (χ0n) is 12.5. The van der Waals surface area contributed by atoms with Crippen LogP contribution in [0.1, 0.15) is 12.8 Å². The molecule has 1 N–H and O–H groups in total. The summed E-state index contributed by atoms with van der Waals surface area (Å²) in [6.07, 6.45) is 9.17. The lowest BCUT2D eigenvalue weighted by atomic mass is 10.2. The fourth-order valence-corrected chi connectivity index (χ4v) is 3.21. The van der Waals surface area contributed by atoms with Gasteiger partial charge in [0.2, 0.25) is 0 Å². The summed E-state index contributed by atoms with van der Waals surface area (Å²) in [5.74, 6) is 2.29. The van der Waals surface area contributed by atoms with E-state index in [1.165, 1.54) is 18.6 Å². The number of aliphatic imine (C=N–C) groups is 1. The van der Waals surface area contributed by atoms with Crippen molar-refractivity contribution in [3.05, 3.63) is 12.2 Å². The average Bonchev–Trinajstić information content (AvgIpc) is 3.09. The highest BCUT2D eigenvalue weighted by atomic mass is 127. The van der Waals surface area contributed by atoms with Crippen molar-refractivity contribution in [2.24, 2.45) is 4.99 Å². The molecule has 2 heterocycles. The SMILES string of the molecule is CN=C(NCCCSC)N1CCC(N2CC=CC2)C1.I. The Balaban J connectivity index is 0.00000200. The van der Waals surface area contributed by atoms with Gasteiger partial charge in [-0.3, -0.25) is 9.89 Å². The first kappa shape index (κ1) is 18.1. The Labute approximate surface area is 144 Å². The lowest BCUT2D eigenvalue weighted by Gasteiger charge is -2.25. The number of hydrogen-bond donors (Lipinski definition) is 1. The first-order chi connectivity index (χ1) is 9.35. The van der Waals surface area contributed by atoms with Crippen LogP contribution in [0.3, 0.4) is 0 Å². The number of rotatable bonds is 5. The summed E-state index contributed by atoms with van der Waals surface area (Å²) in [5, 5.41) is 3.49. The van der Waals surface area contributed by atoms with Crippen molar-refractivity contribution >= 4 is 41.7 Å². The molecule has 0 aromatic carbocycles. The molecule has 0 amide bonds. The third-order valence-corrected chi connectivity index (χ3v) is 4.54. The Bertz CT molecular complexity index is 327. The lowest BCUT2D eigenvalue weighted by Crippen LogP contribution is -2.43. The van der Waals surface area contributed by atoms with E-state index >= 15 is 0 Å². The molecule has 6 heteroatoms. The number of likely N-dealkylation sites (tertiary alicyclic amines) is 1. The molecule has 2 aliphatic heterocycles. The van der Waals surface area contributed by atoms with Crippen molar-refractivity contribution < 1.29 is 0 Å². The van der Waals surface area contributed by atoms with Gasteiger partial charge in [0.05, 0.1) is 0 Å². The van der Waals surface area contributed by atoms with E-state index in [-0.39, 0.29) is 24.0 Å². The van der Waals surface area contributed by atoms with Crippen LogP contribution in [-0.2, 0) is 0 Å². The standard InChI is InChI=1S/C14H26N4S.HI/c1-15-14(16-7-5-11-19-2)18-10-6-13(12-18)17-8-3-4-9-17;/h3-4,13H,5-12H2,1-2H3,(H,15,16);1H. The summed E-state index contributed by atoms with van der Waals surface area (Å²) in [6, 6.07) is 0.694. The molecule has 0 aromatic rings. The summed E-state index contributed by atoms with van der Waals surface area (Å²) in [7, 11) is 1.89. The van der Waals surface area contributed by atoms with Gasteiger partial charge in [-0.25, -0.2) is 0 Å². The number of hydrogen-bond acceptors (Lipinski definition) is 3. The largest absolute Gasteiger partial charge is 0.356 e. The van der Waals surface area contributed by atoms with Crippen molar-refractivity contribution in [1.29, 1.82) is 0 Å². The summed E-state index contributed by atoms with van der Waals surface area (Å²) in [6.45, 7) is 5.52. The molecule has 1 atom stereocenters. The van der Waals surface area contributed by atoms with Gasteiger partial charge < -0.3 is 10.2 Å². The molecule has 20 heavy (non-hydrogen) atoms. The quantitative estimate of drug-likeness (QED) is 0.247. The molecule has 0 bridgehead atoms. The number of thioether (sulfide) groups is 1. The molecular formula is C14H27IN4S. The van der Waals surface area contributed by atoms with Crippen molar-refractivity contribution in [2.75, 3.05) is 51.8 Å². The van der Waals surface area contributed by atoms with Gasteiger partial charge in [-0.1, -0.05) is 12.2 Å². The molecule has 1 unspecified atom stereocenters. The van der Waals surface area contributed by atoms with Gasteiger partial charge in [0.25, 0.3) is 0 Å². The molecule has 0 saturated carbocycles. The molecule has 4 nitrogen and oxygen atoms in total. The molecule has 2 rings (SSSR count). The van der Waals surface area contributed by atoms with Crippen LogP contribution in [0.25, 0.3) is 0 Å². The second-order valence-electron chi connectivity index (χ2n) is 5.13. The third kappa shape index (κ3) is 5.11. The molecule has 2 aliphatic rings. The first-order valence-corrected chi connectivity index (χ1v) is 8.58. The Morgan fingerprint density at radius 2 is 2.15 bits per heavy atom. The summed E-state index contributed by atoms with van der Waals surface area (Å²) >= 11 is 1.90. The summed E-state index contributed by atoms with van der Waals surface area (Å²) < 4.78 is 0. The van der Waals surface area contributed by atoms with Crippen LogP contribution in [-0.4, -0.2) is 73.6 Å². The Morgan fingerprint density at radius 3 is 2.80 bits per heavy atom. The first-order valence-electron chi connectivity index (χ1n) is 7.18. The normalized spacial score (nSPS) is 23.2. The van der Waals surface area contributed by atoms with Crippen LogP contribution in [0.4, 0.5) is 0 Å². The molecule has 0 aliphatic carbocycles. The minimum absolute atomic E-state index is 0. The van der Waals surface area contributed by atoms with Gasteiger partial charge in [-0.05, 0) is 24.9 Å². The van der Waals surface area contributed by atoms with Gasteiger partial charge in [0.15, 0.2) is 5.96 Å². The van der Waals surface area contributed by atoms with E-state index in [4.69, 9.17) is 0 Å². The fraction of sp³-hybridized carbons (Fsp3) is 0.786. The summed E-state index contributed by atoms with van der Waals surface area (Å²) in [4.78, 5) is 9.38. The minimum atomic E-state index is 0. The van der Waals surface area contributed by atoms with E-state index in [2.05, 4.69) is 38.5 Å². The number of halogens is 1. The Morgan fingerprint density at radius 1 is 1.40 bits per heavy atom. The third-order valence-electron chi connectivity index (χ3n) is 3.85. The van der Waals surface area contributed by atoms with Crippen LogP contribution in [0.15, 0.2) is 17.1 Å². The monoisotopic (exact) mass is 410 g/mol. The van der Waals surface area contributed by atoms with Crippen molar-refractivity contribution in [1.82, 2.24) is 15.1 Å². The molecular weight excluding hydrogens is 383 g/mol. The van der Waals surface area contributed by atoms with Gasteiger partial charge in [-0.15, -0.1) is 24.0 Å². The second-order valence-corrected chi connectivity index (χ2v) is 6.12. The minimum Gasteiger partial charge on any atom is -0.356 e. The number of nitrogens with one attached hydrogen (secondary N) is 1. The van der Waals surface area contributed by atoms with Crippen LogP contribution in [0.2, 0.25) is 0 Å². The van der Waals surface area contributed by atoms with E-state index < -0.39 is 0 Å². The second kappa shape index (κ2) is 9.89. The lowest BCUT2D eigenvalue weighted by molar-refractivity contribution is 0.259. The maximum Gasteiger partial charge on any atom is 0.193 e. The predicted molar refractivity (Wildman–Crippen MR) is 100 cm³/mol. The smallest absolute Gasteiger partial charge is 0.193 e. The van der Waals surface area contributed by atoms with Crippen LogP contribution in [0.5, 0.6) is 0 Å². The van der Waals surface area contributed by atoms with E-state index in [1.54, 1.807) is 0 Å². The van der Waals surface area contributed by atoms with E-state index in [9.17, 15) is 0 Å². The van der Waals surface area contributed by atoms with E-state index in [0.717, 1.165) is 38.7 Å². The molecule has 0 radical (unpaired) electrons. The van der Waals surface area contributed by atoms with Gasteiger partial charge in [-0.2, -0.15) is 11.8 Å². The van der Waals surface area contributed by atoms with E-state index in [0.29, 0.717) is 6.04 Å². The van der Waals surface area contributed by atoms with Gasteiger partial charge in [0, 0.05) is 45.8 Å². The number of nitrogens with zero attached hydrogens (tertiary/aromatic N) is 3. The molecule has 0 aromatic heterocycles. The zero-order chi connectivity index (χ0) is 13.5. The average molecular weight is 410 g/mol. The molecule has 0 spiro atoms. The maximum absolute atomic E-state index is 4.42. The van der Waals surface area contributed by atoms with Gasteiger partial charge >= 0.3 is 0 Å². The highest BCUT2D eigenvalue weighted by molar-refractivity contribution is 14.0. The highest BCUT2D eigenvalue weighted by Crippen LogP contribution is 2.17. The van der Waals surface area contributed by atoms with Gasteiger partial charge in [0.1, 0.15) is 0 Å². The Hall–Kier alpha value is 0.0500. The number of guanidine groups is 1. The highest BCUT2D eigenvalue weighted by Gasteiger charge is 2.29. The zero-order valence-corrected chi connectivity index (χ0v) is 15.7. The molecule has 1 saturated heterocycles. The summed E-state index contributed by atoms with van der Waals surface area (Å²) in [5.41, 5.74) is 0. The topological polar surface area (TPSA) is 30.9 Å². The fourth-order valence-electron chi connectivity index (χ4n) is 2.77. The van der Waals surface area contributed by atoms with Crippen molar-refractivity contribution in [3.63, 3.8) is 0 Å². The van der Waals surface area contributed by atoms with Crippen LogP contribution < -0.4 is 5.32 Å². The predicted octanol–water partition coefficient (Wildman–Crippen LogP) is 1.88. The van der Waals surface area contributed by atoms with Crippen LogP contribution in [0, 0.1) is 0 Å². The van der Waals surface area contributed by atoms with Crippen molar-refractivity contribution in [3.8, 4) is 0 Å².